The lowest BCUT2D eigenvalue weighted by molar-refractivity contribution is -0.121. The highest BCUT2D eigenvalue weighted by Gasteiger charge is 2.09. The van der Waals surface area contributed by atoms with Gasteiger partial charge in [0.25, 0.3) is 0 Å². The molecule has 0 fully saturated rings. The fraction of sp³-hybridized carbons (Fsp3) is 0.280. The number of aryl methyl sites for hydroxylation is 1. The summed E-state index contributed by atoms with van der Waals surface area (Å²) in [5.74, 6) is -0.0360. The molecule has 8 heteroatoms. The van der Waals surface area contributed by atoms with Crippen LogP contribution in [-0.2, 0) is 29.0 Å². The van der Waals surface area contributed by atoms with Crippen molar-refractivity contribution in [3.05, 3.63) is 77.4 Å². The van der Waals surface area contributed by atoms with Gasteiger partial charge in [0.2, 0.25) is 16.9 Å². The second kappa shape index (κ2) is 11.4. The molecule has 4 rings (SSSR count). The molecule has 2 aromatic carbocycles. The molecule has 2 N–H and O–H groups in total. The monoisotopic (exact) mass is 461 g/mol. The van der Waals surface area contributed by atoms with Gasteiger partial charge in [-0.15, -0.1) is 10.2 Å². The Labute approximate surface area is 196 Å². The maximum Gasteiger partial charge on any atom is 0.230 e. The van der Waals surface area contributed by atoms with Gasteiger partial charge in [0.15, 0.2) is 0 Å². The molecule has 0 bridgehead atoms. The molecule has 0 saturated carbocycles. The Balaban J connectivity index is 1.11. The Hall–Kier alpha value is -3.52. The van der Waals surface area contributed by atoms with E-state index < -0.39 is 0 Å². The topological polar surface area (TPSA) is 88.9 Å². The Bertz CT molecular complexity index is 1200. The van der Waals surface area contributed by atoms with Gasteiger partial charge < -0.3 is 15.2 Å². The Kier molecular flexibility index (Phi) is 7.81. The SMILES string of the molecule is O=C(CCCCc1nnc(NC(=O)Cc2ccccc2)s1)NCCn1ccc2ccccc21. The van der Waals surface area contributed by atoms with Gasteiger partial charge in [-0.3, -0.25) is 9.59 Å². The quantitative estimate of drug-likeness (QED) is 0.328. The summed E-state index contributed by atoms with van der Waals surface area (Å²) in [5.41, 5.74) is 2.14. The third-order valence-corrected chi connectivity index (χ3v) is 6.22. The molecule has 0 aliphatic carbocycles. The third kappa shape index (κ3) is 6.73. The van der Waals surface area contributed by atoms with Crippen molar-refractivity contribution in [2.75, 3.05) is 11.9 Å². The summed E-state index contributed by atoms with van der Waals surface area (Å²) < 4.78 is 2.15. The minimum atomic E-state index is -0.103. The summed E-state index contributed by atoms with van der Waals surface area (Å²) >= 11 is 1.39. The summed E-state index contributed by atoms with van der Waals surface area (Å²) in [6.45, 7) is 1.36. The van der Waals surface area contributed by atoms with Crippen molar-refractivity contribution < 1.29 is 9.59 Å². The highest BCUT2D eigenvalue weighted by Crippen LogP contribution is 2.18. The molecule has 0 atom stereocenters. The average Bonchev–Trinajstić information content (AvgIpc) is 3.44. The van der Waals surface area contributed by atoms with Crippen LogP contribution in [0.15, 0.2) is 66.9 Å². The molecule has 2 aromatic heterocycles. The van der Waals surface area contributed by atoms with Crippen LogP contribution in [0.1, 0.15) is 29.8 Å². The van der Waals surface area contributed by atoms with Gasteiger partial charge >= 0.3 is 0 Å². The Morgan fingerprint density at radius 3 is 2.61 bits per heavy atom. The van der Waals surface area contributed by atoms with Crippen LogP contribution in [0.2, 0.25) is 0 Å². The van der Waals surface area contributed by atoms with Crippen molar-refractivity contribution in [1.82, 2.24) is 20.1 Å². The fourth-order valence-corrected chi connectivity index (χ4v) is 4.45. The normalized spacial score (nSPS) is 10.9. The fourth-order valence-electron chi connectivity index (χ4n) is 3.65. The lowest BCUT2D eigenvalue weighted by Gasteiger charge is -2.07. The standard InChI is InChI=1S/C25H27N5O2S/c31-22(26-15-17-30-16-14-20-10-4-5-11-21(20)30)12-6-7-13-24-28-29-25(33-24)27-23(32)18-19-8-2-1-3-9-19/h1-5,8-11,14,16H,6-7,12-13,15,17-18H2,(H,26,31)(H,27,29,32). The number of anilines is 1. The maximum atomic E-state index is 12.1. The number of carbonyl (C=O) groups excluding carboxylic acids is 2. The zero-order valence-electron chi connectivity index (χ0n) is 18.4. The number of aromatic nitrogens is 3. The summed E-state index contributed by atoms with van der Waals surface area (Å²) in [4.78, 5) is 24.3. The van der Waals surface area contributed by atoms with Crippen molar-refractivity contribution in [3.8, 4) is 0 Å². The summed E-state index contributed by atoms with van der Waals surface area (Å²) in [7, 11) is 0. The number of nitrogens with one attached hydrogen (secondary N) is 2. The average molecular weight is 462 g/mol. The van der Waals surface area contributed by atoms with Crippen LogP contribution >= 0.6 is 11.3 Å². The number of hydrogen-bond acceptors (Lipinski definition) is 5. The number of unbranched alkanes of at least 4 members (excludes halogenated alkanes) is 1. The van der Waals surface area contributed by atoms with Gasteiger partial charge in [-0.2, -0.15) is 0 Å². The first kappa shape index (κ1) is 22.7. The van der Waals surface area contributed by atoms with Crippen LogP contribution in [-0.4, -0.2) is 33.1 Å². The largest absolute Gasteiger partial charge is 0.354 e. The first-order valence-electron chi connectivity index (χ1n) is 11.1. The second-order valence-electron chi connectivity index (χ2n) is 7.84. The van der Waals surface area contributed by atoms with Crippen molar-refractivity contribution in [1.29, 1.82) is 0 Å². The highest BCUT2D eigenvalue weighted by atomic mass is 32.1. The molecular weight excluding hydrogens is 434 g/mol. The van der Waals surface area contributed by atoms with Crippen LogP contribution in [0.5, 0.6) is 0 Å². The number of carbonyl (C=O) groups is 2. The predicted octanol–water partition coefficient (Wildman–Crippen LogP) is 4.20. The van der Waals surface area contributed by atoms with Crippen LogP contribution < -0.4 is 10.6 Å². The number of para-hydroxylation sites is 1. The molecule has 2 amide bonds. The van der Waals surface area contributed by atoms with Gasteiger partial charge in [0, 0.05) is 37.6 Å². The molecule has 33 heavy (non-hydrogen) atoms. The molecule has 0 aliphatic rings. The van der Waals surface area contributed by atoms with E-state index in [4.69, 9.17) is 0 Å². The van der Waals surface area contributed by atoms with Gasteiger partial charge in [-0.05, 0) is 35.9 Å². The van der Waals surface area contributed by atoms with Crippen molar-refractivity contribution in [2.24, 2.45) is 0 Å². The van der Waals surface area contributed by atoms with Crippen molar-refractivity contribution in [2.45, 2.75) is 38.6 Å². The molecule has 4 aromatic rings. The second-order valence-corrected chi connectivity index (χ2v) is 8.90. The van der Waals surface area contributed by atoms with E-state index in [2.05, 4.69) is 49.8 Å². The zero-order chi connectivity index (χ0) is 22.9. The smallest absolute Gasteiger partial charge is 0.230 e. The highest BCUT2D eigenvalue weighted by molar-refractivity contribution is 7.15. The minimum absolute atomic E-state index is 0.0672. The van der Waals surface area contributed by atoms with E-state index in [9.17, 15) is 9.59 Å². The molecule has 0 saturated heterocycles. The molecule has 170 valence electrons. The van der Waals surface area contributed by atoms with Crippen molar-refractivity contribution in [3.63, 3.8) is 0 Å². The lowest BCUT2D eigenvalue weighted by Crippen LogP contribution is -2.26. The summed E-state index contributed by atoms with van der Waals surface area (Å²) in [5, 5.41) is 16.6. The third-order valence-electron chi connectivity index (χ3n) is 5.32. The Morgan fingerprint density at radius 2 is 1.73 bits per heavy atom. The number of hydrogen-bond donors (Lipinski definition) is 2. The van der Waals surface area contributed by atoms with E-state index in [-0.39, 0.29) is 11.8 Å². The van der Waals surface area contributed by atoms with Crippen LogP contribution in [0.3, 0.4) is 0 Å². The van der Waals surface area contributed by atoms with E-state index >= 15 is 0 Å². The Morgan fingerprint density at radius 1 is 0.909 bits per heavy atom. The van der Waals surface area contributed by atoms with Gasteiger partial charge in [0.1, 0.15) is 5.01 Å². The molecular formula is C25H27N5O2S. The zero-order valence-corrected chi connectivity index (χ0v) is 19.2. The number of benzene rings is 2. The first-order chi connectivity index (χ1) is 16.2. The summed E-state index contributed by atoms with van der Waals surface area (Å²) in [6.07, 6.45) is 5.24. The number of nitrogens with zero attached hydrogens (tertiary/aromatic N) is 3. The van der Waals surface area contributed by atoms with E-state index in [1.165, 1.54) is 22.2 Å². The van der Waals surface area contributed by atoms with E-state index in [1.54, 1.807) is 0 Å². The van der Waals surface area contributed by atoms with Crippen LogP contribution in [0, 0.1) is 0 Å². The summed E-state index contributed by atoms with van der Waals surface area (Å²) in [6, 6.07) is 19.9. The first-order valence-corrected chi connectivity index (χ1v) is 12.0. The van der Waals surface area contributed by atoms with Gasteiger partial charge in [-0.1, -0.05) is 59.9 Å². The van der Waals surface area contributed by atoms with E-state index in [0.717, 1.165) is 36.4 Å². The predicted molar refractivity (Wildman–Crippen MR) is 131 cm³/mol. The maximum absolute atomic E-state index is 12.1. The minimum Gasteiger partial charge on any atom is -0.354 e. The van der Waals surface area contributed by atoms with E-state index in [1.807, 2.05) is 42.5 Å². The van der Waals surface area contributed by atoms with E-state index in [0.29, 0.717) is 24.5 Å². The number of fused-ring (bicyclic) bond motifs is 1. The molecule has 7 nitrogen and oxygen atoms in total. The molecule has 0 spiro atoms. The lowest BCUT2D eigenvalue weighted by atomic mass is 10.1. The molecule has 2 heterocycles. The van der Waals surface area contributed by atoms with Gasteiger partial charge in [-0.25, -0.2) is 0 Å². The van der Waals surface area contributed by atoms with Gasteiger partial charge in [0.05, 0.1) is 6.42 Å². The molecule has 0 aliphatic heterocycles. The van der Waals surface area contributed by atoms with Crippen molar-refractivity contribution >= 4 is 39.2 Å². The van der Waals surface area contributed by atoms with Crippen LogP contribution in [0.25, 0.3) is 10.9 Å². The molecule has 0 unspecified atom stereocenters. The van der Waals surface area contributed by atoms with Crippen LogP contribution in [0.4, 0.5) is 5.13 Å². The molecule has 0 radical (unpaired) electrons. The number of amides is 2. The number of rotatable bonds is 11.